The molecule has 0 aliphatic carbocycles. The lowest BCUT2D eigenvalue weighted by Gasteiger charge is -2.08. The number of carbonyl (C=O) groups is 2. The average Bonchev–Trinajstić information content (AvgIpc) is 3.09. The second-order valence-corrected chi connectivity index (χ2v) is 7.85. The van der Waals surface area contributed by atoms with Crippen LogP contribution in [-0.2, 0) is 36.5 Å². The maximum atomic E-state index is 11.0. The fraction of sp³-hybridized carbons (Fsp3) is 0.429. The summed E-state index contributed by atoms with van der Waals surface area (Å²) in [4.78, 5) is 29.2. The third-order valence-electron chi connectivity index (χ3n) is 3.64. The van der Waals surface area contributed by atoms with Gasteiger partial charge in [-0.15, -0.1) is 0 Å². The number of aliphatic carboxylic acids is 2. The lowest BCUT2D eigenvalue weighted by molar-refractivity contribution is -0.706. The molecule has 0 radical (unpaired) electrons. The molecule has 0 aliphatic rings. The van der Waals surface area contributed by atoms with Gasteiger partial charge < -0.3 is 26.2 Å². The number of carboxylic acid groups (broad SMARTS) is 2. The Bertz CT molecular complexity index is 739. The van der Waals surface area contributed by atoms with Gasteiger partial charge in [-0.2, -0.15) is 0 Å². The summed E-state index contributed by atoms with van der Waals surface area (Å²) in [7, 11) is 6.44. The van der Waals surface area contributed by atoms with Crippen LogP contribution in [0.5, 0.6) is 0 Å². The van der Waals surface area contributed by atoms with E-state index in [2.05, 4.69) is 9.97 Å². The van der Waals surface area contributed by atoms with Crippen LogP contribution in [0, 0.1) is 0 Å². The summed E-state index contributed by atoms with van der Waals surface area (Å²) in [5.41, 5.74) is 12.5. The second-order valence-electron chi connectivity index (χ2n) is 5.74. The maximum Gasteiger partial charge on any atom is 0.320 e. The first-order valence-electron chi connectivity index (χ1n) is 7.58. The van der Waals surface area contributed by atoms with E-state index in [1.54, 1.807) is 17.2 Å². The molecule has 2 atom stereocenters. The van der Waals surface area contributed by atoms with Crippen molar-refractivity contribution in [2.75, 3.05) is 0 Å². The topological polar surface area (TPSA) is 164 Å². The minimum atomic E-state index is -1.08. The zero-order chi connectivity index (χ0) is 19.4. The van der Waals surface area contributed by atoms with Gasteiger partial charge in [0.05, 0.1) is 19.1 Å². The van der Waals surface area contributed by atoms with Gasteiger partial charge in [0.15, 0.2) is 5.69 Å². The monoisotopic (exact) mass is 401 g/mol. The molecule has 10 nitrogen and oxygen atoms in total. The largest absolute Gasteiger partial charge is 0.480 e. The molecule has 12 heteroatoms. The predicted octanol–water partition coefficient (Wildman–Crippen LogP) is -0.719. The number of H-pyrrole nitrogens is 1. The van der Waals surface area contributed by atoms with Gasteiger partial charge in [0.1, 0.15) is 17.1 Å². The Morgan fingerprint density at radius 1 is 1.27 bits per heavy atom. The molecule has 26 heavy (non-hydrogen) atoms. The van der Waals surface area contributed by atoms with Crippen molar-refractivity contribution in [1.29, 1.82) is 0 Å². The van der Waals surface area contributed by atoms with Crippen LogP contribution in [0.4, 0.5) is 0 Å². The quantitative estimate of drug-likeness (QED) is 0.269. The van der Waals surface area contributed by atoms with Crippen LogP contribution in [0.3, 0.4) is 0 Å². The van der Waals surface area contributed by atoms with Crippen LogP contribution < -0.4 is 16.0 Å². The van der Waals surface area contributed by atoms with E-state index in [0.717, 1.165) is 10.1 Å². The van der Waals surface area contributed by atoms with Crippen molar-refractivity contribution < 1.29 is 24.4 Å². The molecule has 0 saturated heterocycles. The first kappa shape index (κ1) is 20.3. The molecule has 2 aromatic heterocycles. The van der Waals surface area contributed by atoms with Gasteiger partial charge >= 0.3 is 11.9 Å². The number of nitrogens with two attached hydrogens (primary N) is 2. The third kappa shape index (κ3) is 4.78. The summed E-state index contributed by atoms with van der Waals surface area (Å²) in [6.07, 6.45) is 3.61. The summed E-state index contributed by atoms with van der Waals surface area (Å²) in [5.74, 6) is -2.15. The molecule has 0 fully saturated rings. The fourth-order valence-corrected chi connectivity index (χ4v) is 4.90. The van der Waals surface area contributed by atoms with E-state index in [0.29, 0.717) is 11.4 Å². The smallest absolute Gasteiger partial charge is 0.320 e. The number of aromatic nitrogens is 4. The Morgan fingerprint density at radius 3 is 2.50 bits per heavy atom. The van der Waals surface area contributed by atoms with Gasteiger partial charge in [-0.05, 0) is 21.6 Å². The molecular weight excluding hydrogens is 380 g/mol. The molecule has 0 aliphatic heterocycles. The van der Waals surface area contributed by atoms with Gasteiger partial charge in [0, 0.05) is 19.9 Å². The molecule has 0 spiro atoms. The van der Waals surface area contributed by atoms with Crippen molar-refractivity contribution in [3.8, 4) is 0 Å². The number of aryl methyl sites for hydroxylation is 2. The van der Waals surface area contributed by atoms with Crippen LogP contribution in [0.15, 0.2) is 22.7 Å². The Morgan fingerprint density at radius 2 is 1.88 bits per heavy atom. The molecule has 0 saturated carbocycles. The third-order valence-corrected chi connectivity index (χ3v) is 6.29. The number of hydrogen-bond donors (Lipinski definition) is 5. The van der Waals surface area contributed by atoms with E-state index in [9.17, 15) is 9.59 Å². The van der Waals surface area contributed by atoms with Crippen molar-refractivity contribution >= 4 is 33.5 Å². The summed E-state index contributed by atoms with van der Waals surface area (Å²) in [6.45, 7) is 0. The van der Waals surface area contributed by atoms with Crippen molar-refractivity contribution in [2.45, 2.75) is 35.0 Å². The van der Waals surface area contributed by atoms with Gasteiger partial charge in [-0.3, -0.25) is 9.59 Å². The molecule has 2 heterocycles. The minimum absolute atomic E-state index is 0.120. The van der Waals surface area contributed by atoms with E-state index < -0.39 is 24.0 Å². The van der Waals surface area contributed by atoms with Crippen LogP contribution in [0.1, 0.15) is 11.4 Å². The predicted molar refractivity (Wildman–Crippen MR) is 95.5 cm³/mol. The first-order chi connectivity index (χ1) is 12.2. The number of imidazole rings is 2. The first-order valence-corrected chi connectivity index (χ1v) is 9.73. The lowest BCUT2D eigenvalue weighted by Crippen LogP contribution is -2.33. The maximum absolute atomic E-state index is 11.0. The normalized spacial score (nSPS) is 13.5. The Labute approximate surface area is 157 Å². The van der Waals surface area contributed by atoms with Crippen molar-refractivity contribution in [1.82, 2.24) is 14.5 Å². The highest BCUT2D eigenvalue weighted by atomic mass is 33.1. The highest BCUT2D eigenvalue weighted by Gasteiger charge is 2.24. The second kappa shape index (κ2) is 8.58. The summed E-state index contributed by atoms with van der Waals surface area (Å²) >= 11 is 0. The van der Waals surface area contributed by atoms with E-state index in [1.807, 2.05) is 18.7 Å². The standard InChI is InChI=1S/C14H20N6O4S2/c1-19-5-17-9(3-7(15)13(21)22)11(19)25-26-12-10(18-6-20(12)2)4-8(16)14(23)24/h5-8H,3-4,15-16H2,1-2H3,(H2,21,22,23,24)/p+1/t7-,8-/m0/s1. The Hall–Kier alpha value is -2.02. The van der Waals surface area contributed by atoms with E-state index in [1.165, 1.54) is 21.6 Å². The SMILES string of the molecule is Cn1cnc(C[C@H](N)C(=O)O)c1SSc1c(C[C@H](N)C(=O)O)[nH]c[n+]1C. The highest BCUT2D eigenvalue weighted by molar-refractivity contribution is 8.76. The zero-order valence-electron chi connectivity index (χ0n) is 14.2. The molecule has 142 valence electrons. The van der Waals surface area contributed by atoms with Crippen LogP contribution in [0.25, 0.3) is 0 Å². The zero-order valence-corrected chi connectivity index (χ0v) is 15.9. The van der Waals surface area contributed by atoms with E-state index in [-0.39, 0.29) is 12.8 Å². The molecule has 0 bridgehead atoms. The highest BCUT2D eigenvalue weighted by Crippen LogP contribution is 2.38. The molecule has 7 N–H and O–H groups in total. The van der Waals surface area contributed by atoms with Crippen LogP contribution >= 0.6 is 21.6 Å². The van der Waals surface area contributed by atoms with Crippen molar-refractivity contribution in [3.05, 3.63) is 24.0 Å². The molecule has 2 rings (SSSR count). The number of aromatic amines is 1. The molecule has 2 aromatic rings. The van der Waals surface area contributed by atoms with Crippen molar-refractivity contribution in [2.24, 2.45) is 25.6 Å². The summed E-state index contributed by atoms with van der Waals surface area (Å²) in [5, 5.41) is 19.6. The summed E-state index contributed by atoms with van der Waals surface area (Å²) < 4.78 is 3.62. The van der Waals surface area contributed by atoms with Crippen LogP contribution in [0.2, 0.25) is 0 Å². The number of nitrogens with one attached hydrogen (secondary N) is 1. The Kier molecular flexibility index (Phi) is 6.69. The van der Waals surface area contributed by atoms with Gasteiger partial charge in [0.2, 0.25) is 11.4 Å². The van der Waals surface area contributed by atoms with Gasteiger partial charge in [0.25, 0.3) is 0 Å². The number of nitrogens with zero attached hydrogens (tertiary/aromatic N) is 3. The molecule has 0 aromatic carbocycles. The average molecular weight is 401 g/mol. The van der Waals surface area contributed by atoms with Gasteiger partial charge in [-0.1, -0.05) is 0 Å². The fourth-order valence-electron chi connectivity index (χ4n) is 2.16. The summed E-state index contributed by atoms with van der Waals surface area (Å²) in [6, 6.07) is -2.03. The van der Waals surface area contributed by atoms with Gasteiger partial charge in [-0.25, -0.2) is 14.5 Å². The number of rotatable bonds is 9. The molecule has 0 amide bonds. The minimum Gasteiger partial charge on any atom is -0.480 e. The van der Waals surface area contributed by atoms with Crippen molar-refractivity contribution in [3.63, 3.8) is 0 Å². The number of carboxylic acids is 2. The van der Waals surface area contributed by atoms with E-state index in [4.69, 9.17) is 21.7 Å². The van der Waals surface area contributed by atoms with E-state index >= 15 is 0 Å². The molecular formula is C14H21N6O4S2+. The number of hydrogen-bond acceptors (Lipinski definition) is 7. The molecule has 0 unspecified atom stereocenters. The lowest BCUT2D eigenvalue weighted by atomic mass is 10.2. The van der Waals surface area contributed by atoms with Crippen LogP contribution in [-0.4, -0.2) is 48.8 Å². The Balaban J connectivity index is 2.15.